The molecule has 0 N–H and O–H groups in total. The third kappa shape index (κ3) is 1.39. The number of benzene rings is 1. The second kappa shape index (κ2) is 3.18. The molecule has 1 heterocycles. The van der Waals surface area contributed by atoms with Crippen LogP contribution in [-0.4, -0.2) is 4.57 Å². The summed E-state index contributed by atoms with van der Waals surface area (Å²) in [7, 11) is 2.09. The van der Waals surface area contributed by atoms with Crippen molar-refractivity contribution < 1.29 is 0 Å². The SMILES string of the molecule is CCc1cn(C)c2ccc(Br)cc12. The Morgan fingerprint density at radius 3 is 2.85 bits per heavy atom. The summed E-state index contributed by atoms with van der Waals surface area (Å²) in [5.41, 5.74) is 2.72. The van der Waals surface area contributed by atoms with Crippen molar-refractivity contribution in [3.05, 3.63) is 34.4 Å². The molecule has 2 heteroatoms. The van der Waals surface area contributed by atoms with Crippen molar-refractivity contribution in [2.45, 2.75) is 13.3 Å². The minimum atomic E-state index is 1.09. The lowest BCUT2D eigenvalue weighted by atomic mass is 10.1. The Balaban J connectivity index is 2.81. The van der Waals surface area contributed by atoms with Gasteiger partial charge in [0.05, 0.1) is 0 Å². The maximum atomic E-state index is 3.50. The third-order valence-corrected chi connectivity index (χ3v) is 2.91. The molecule has 0 bridgehead atoms. The molecule has 13 heavy (non-hydrogen) atoms. The van der Waals surface area contributed by atoms with Gasteiger partial charge in [0.2, 0.25) is 0 Å². The number of aryl methyl sites for hydroxylation is 2. The van der Waals surface area contributed by atoms with E-state index in [4.69, 9.17) is 0 Å². The van der Waals surface area contributed by atoms with Crippen LogP contribution in [0.4, 0.5) is 0 Å². The van der Waals surface area contributed by atoms with Crippen LogP contribution in [0.5, 0.6) is 0 Å². The molecule has 1 aromatic carbocycles. The first kappa shape index (κ1) is 8.82. The van der Waals surface area contributed by atoms with Gasteiger partial charge in [0.1, 0.15) is 0 Å². The van der Waals surface area contributed by atoms with Crippen molar-refractivity contribution in [1.82, 2.24) is 4.57 Å². The standard InChI is InChI=1S/C11H12BrN/c1-3-8-7-13(2)11-5-4-9(12)6-10(8)11/h4-7H,3H2,1-2H3. The average Bonchev–Trinajstić information content (AvgIpc) is 2.42. The van der Waals surface area contributed by atoms with E-state index in [2.05, 4.69) is 58.9 Å². The Kier molecular flexibility index (Phi) is 2.16. The average molecular weight is 238 g/mol. The van der Waals surface area contributed by atoms with Gasteiger partial charge in [-0.05, 0) is 30.2 Å². The highest BCUT2D eigenvalue weighted by Crippen LogP contribution is 2.24. The summed E-state index contributed by atoms with van der Waals surface area (Å²) in [6.07, 6.45) is 3.30. The first-order valence-electron chi connectivity index (χ1n) is 4.46. The maximum Gasteiger partial charge on any atom is 0.0481 e. The smallest absolute Gasteiger partial charge is 0.0481 e. The van der Waals surface area contributed by atoms with Gasteiger partial charge in [-0.1, -0.05) is 22.9 Å². The predicted molar refractivity (Wildman–Crippen MR) is 60.0 cm³/mol. The molecular formula is C11H12BrN. The van der Waals surface area contributed by atoms with E-state index in [0.717, 1.165) is 10.9 Å². The Morgan fingerprint density at radius 1 is 1.38 bits per heavy atom. The van der Waals surface area contributed by atoms with Crippen LogP contribution in [0.15, 0.2) is 28.9 Å². The molecule has 2 rings (SSSR count). The van der Waals surface area contributed by atoms with E-state index < -0.39 is 0 Å². The minimum absolute atomic E-state index is 1.09. The van der Waals surface area contributed by atoms with Gasteiger partial charge in [0.25, 0.3) is 0 Å². The van der Waals surface area contributed by atoms with Gasteiger partial charge >= 0.3 is 0 Å². The summed E-state index contributed by atoms with van der Waals surface area (Å²) in [6, 6.07) is 6.43. The number of hydrogen-bond donors (Lipinski definition) is 0. The molecule has 2 aromatic rings. The molecule has 0 atom stereocenters. The van der Waals surface area contributed by atoms with Crippen molar-refractivity contribution in [3.63, 3.8) is 0 Å². The summed E-state index contributed by atoms with van der Waals surface area (Å²) in [5, 5.41) is 1.36. The van der Waals surface area contributed by atoms with Gasteiger partial charge in [-0.15, -0.1) is 0 Å². The van der Waals surface area contributed by atoms with Crippen LogP contribution in [0.2, 0.25) is 0 Å². The van der Waals surface area contributed by atoms with Crippen LogP contribution in [0.3, 0.4) is 0 Å². The largest absolute Gasteiger partial charge is 0.350 e. The van der Waals surface area contributed by atoms with Crippen molar-refractivity contribution in [1.29, 1.82) is 0 Å². The van der Waals surface area contributed by atoms with Crippen molar-refractivity contribution in [3.8, 4) is 0 Å². The normalized spacial score (nSPS) is 11.0. The molecule has 1 aromatic heterocycles. The fourth-order valence-corrected chi connectivity index (χ4v) is 2.09. The topological polar surface area (TPSA) is 4.93 Å². The molecule has 0 saturated carbocycles. The van der Waals surface area contributed by atoms with E-state index in [1.807, 2.05) is 0 Å². The van der Waals surface area contributed by atoms with Crippen LogP contribution in [0, 0.1) is 0 Å². The van der Waals surface area contributed by atoms with Gasteiger partial charge in [-0.25, -0.2) is 0 Å². The summed E-state index contributed by atoms with van der Waals surface area (Å²) in [4.78, 5) is 0. The zero-order chi connectivity index (χ0) is 9.42. The molecule has 0 fully saturated rings. The second-order valence-corrected chi connectivity index (χ2v) is 4.20. The lowest BCUT2D eigenvalue weighted by Crippen LogP contribution is -1.82. The molecule has 0 saturated heterocycles. The first-order valence-corrected chi connectivity index (χ1v) is 5.25. The highest BCUT2D eigenvalue weighted by molar-refractivity contribution is 9.10. The molecular weight excluding hydrogens is 226 g/mol. The van der Waals surface area contributed by atoms with Crippen LogP contribution in [0.25, 0.3) is 10.9 Å². The number of halogens is 1. The second-order valence-electron chi connectivity index (χ2n) is 3.28. The summed E-state index contributed by atoms with van der Waals surface area (Å²) in [6.45, 7) is 2.19. The molecule has 0 spiro atoms. The lowest BCUT2D eigenvalue weighted by molar-refractivity contribution is 0.954. The number of fused-ring (bicyclic) bond motifs is 1. The fraction of sp³-hybridized carbons (Fsp3) is 0.273. The molecule has 68 valence electrons. The third-order valence-electron chi connectivity index (χ3n) is 2.41. The van der Waals surface area contributed by atoms with Crippen LogP contribution in [0.1, 0.15) is 12.5 Å². The van der Waals surface area contributed by atoms with Crippen molar-refractivity contribution in [2.24, 2.45) is 7.05 Å². The van der Waals surface area contributed by atoms with Gasteiger partial charge in [0.15, 0.2) is 0 Å². The zero-order valence-electron chi connectivity index (χ0n) is 7.84. The van der Waals surface area contributed by atoms with Gasteiger partial charge < -0.3 is 4.57 Å². The number of hydrogen-bond acceptors (Lipinski definition) is 0. The van der Waals surface area contributed by atoms with E-state index in [1.54, 1.807) is 0 Å². The van der Waals surface area contributed by atoms with E-state index in [-0.39, 0.29) is 0 Å². The number of aromatic nitrogens is 1. The summed E-state index contributed by atoms with van der Waals surface area (Å²) in [5.74, 6) is 0. The van der Waals surface area contributed by atoms with E-state index in [9.17, 15) is 0 Å². The molecule has 0 aliphatic carbocycles. The molecule has 0 aliphatic rings. The lowest BCUT2D eigenvalue weighted by Gasteiger charge is -1.96. The Morgan fingerprint density at radius 2 is 2.15 bits per heavy atom. The van der Waals surface area contributed by atoms with Crippen molar-refractivity contribution in [2.75, 3.05) is 0 Å². The summed E-state index contributed by atoms with van der Waals surface area (Å²) >= 11 is 3.50. The van der Waals surface area contributed by atoms with Gasteiger partial charge in [-0.2, -0.15) is 0 Å². The Labute approximate surface area is 86.5 Å². The Hall–Kier alpha value is -0.760. The molecule has 1 nitrogen and oxygen atoms in total. The first-order chi connectivity index (χ1) is 6.22. The molecule has 0 aliphatic heterocycles. The zero-order valence-corrected chi connectivity index (χ0v) is 9.43. The van der Waals surface area contributed by atoms with E-state index in [0.29, 0.717) is 0 Å². The van der Waals surface area contributed by atoms with Crippen LogP contribution in [-0.2, 0) is 13.5 Å². The number of nitrogens with zero attached hydrogens (tertiary/aromatic N) is 1. The van der Waals surface area contributed by atoms with Gasteiger partial charge in [-0.3, -0.25) is 0 Å². The fourth-order valence-electron chi connectivity index (χ4n) is 1.73. The van der Waals surface area contributed by atoms with E-state index in [1.165, 1.54) is 16.5 Å². The van der Waals surface area contributed by atoms with Crippen LogP contribution >= 0.6 is 15.9 Å². The predicted octanol–water partition coefficient (Wildman–Crippen LogP) is 3.50. The quantitative estimate of drug-likeness (QED) is 0.716. The van der Waals surface area contributed by atoms with Crippen LogP contribution < -0.4 is 0 Å². The maximum absolute atomic E-state index is 3.50. The van der Waals surface area contributed by atoms with Gasteiger partial charge in [0, 0.05) is 28.6 Å². The monoisotopic (exact) mass is 237 g/mol. The molecule has 0 radical (unpaired) electrons. The Bertz CT molecular complexity index is 443. The van der Waals surface area contributed by atoms with Crippen molar-refractivity contribution >= 4 is 26.8 Å². The number of rotatable bonds is 1. The minimum Gasteiger partial charge on any atom is -0.350 e. The highest BCUT2D eigenvalue weighted by Gasteiger charge is 2.04. The van der Waals surface area contributed by atoms with E-state index >= 15 is 0 Å². The molecule has 0 amide bonds. The molecule has 0 unspecified atom stereocenters. The summed E-state index contributed by atoms with van der Waals surface area (Å²) < 4.78 is 3.33. The highest BCUT2D eigenvalue weighted by atomic mass is 79.9.